The first-order chi connectivity index (χ1) is 9.57. The molecule has 0 heterocycles. The number of carbonyl (C=O) groups excluding carboxylic acids is 1. The minimum absolute atomic E-state index is 0.194. The Balaban J connectivity index is 3.61. The Kier molecular flexibility index (Phi) is 4.86. The van der Waals surface area contributed by atoms with Gasteiger partial charge in [0, 0.05) is 17.7 Å². The highest BCUT2D eigenvalue weighted by Crippen LogP contribution is 2.34. The van der Waals surface area contributed by atoms with Crippen molar-refractivity contribution in [3.63, 3.8) is 0 Å². The zero-order valence-corrected chi connectivity index (χ0v) is 12.4. The Bertz CT molecular complexity index is 683. The molecule has 0 radical (unpaired) electrons. The van der Waals surface area contributed by atoms with Crippen LogP contribution in [0, 0.1) is 10.1 Å². The summed E-state index contributed by atoms with van der Waals surface area (Å²) in [5.41, 5.74) is -0.849. The summed E-state index contributed by atoms with van der Waals surface area (Å²) < 4.78 is 27.8. The lowest BCUT2D eigenvalue weighted by Crippen LogP contribution is -2.30. The van der Waals surface area contributed by atoms with Crippen molar-refractivity contribution in [2.75, 3.05) is 7.11 Å². The fourth-order valence-electron chi connectivity index (χ4n) is 1.62. The van der Waals surface area contributed by atoms with Gasteiger partial charge in [-0.25, -0.2) is 13.6 Å². The second-order valence-electron chi connectivity index (χ2n) is 4.46. The number of nitrogens with two attached hydrogens (primary N) is 1. The molecular weight excluding hydrogens is 302 g/mol. The van der Waals surface area contributed by atoms with E-state index in [0.717, 1.165) is 19.2 Å². The molecular formula is C11H15N3O6S. The Morgan fingerprint density at radius 1 is 1.43 bits per heavy atom. The summed E-state index contributed by atoms with van der Waals surface area (Å²) in [5.74, 6) is -1.16. The molecule has 1 amide bonds. The first-order valence-corrected chi connectivity index (χ1v) is 7.32. The lowest BCUT2D eigenvalue weighted by atomic mass is 10.1. The number of rotatable bonds is 5. The summed E-state index contributed by atoms with van der Waals surface area (Å²) in [7, 11) is -3.22. The molecule has 9 nitrogen and oxygen atoms in total. The average Bonchev–Trinajstić information content (AvgIpc) is 2.34. The van der Waals surface area contributed by atoms with Crippen LogP contribution in [0.3, 0.4) is 0 Å². The standard InChI is InChI=1S/C11H15N3O6S/c1-6(2)13-11(15)7-4-8(14(16)17)10(20-3)9(5-7)21(12,18)19/h4-6H,1-3H3,(H,13,15)(H2,12,18,19). The lowest BCUT2D eigenvalue weighted by molar-refractivity contribution is -0.386. The number of nitrogens with zero attached hydrogens (tertiary/aromatic N) is 1. The van der Waals surface area contributed by atoms with E-state index in [-0.39, 0.29) is 11.6 Å². The molecule has 0 fully saturated rings. The van der Waals surface area contributed by atoms with E-state index >= 15 is 0 Å². The van der Waals surface area contributed by atoms with Crippen molar-refractivity contribution in [2.45, 2.75) is 24.8 Å². The maximum Gasteiger partial charge on any atom is 0.313 e. The maximum atomic E-state index is 11.9. The number of nitrogens with one attached hydrogen (secondary N) is 1. The summed E-state index contributed by atoms with van der Waals surface area (Å²) >= 11 is 0. The van der Waals surface area contributed by atoms with Gasteiger partial charge in [0.15, 0.2) is 0 Å². The van der Waals surface area contributed by atoms with Crippen molar-refractivity contribution in [1.29, 1.82) is 0 Å². The molecule has 0 saturated carbocycles. The van der Waals surface area contributed by atoms with Gasteiger partial charge < -0.3 is 10.1 Å². The lowest BCUT2D eigenvalue weighted by Gasteiger charge is -2.12. The van der Waals surface area contributed by atoms with E-state index in [1.54, 1.807) is 13.8 Å². The molecule has 21 heavy (non-hydrogen) atoms. The van der Waals surface area contributed by atoms with E-state index in [2.05, 4.69) is 5.32 Å². The first-order valence-electron chi connectivity index (χ1n) is 5.78. The number of nitro groups is 1. The number of amides is 1. The van der Waals surface area contributed by atoms with Gasteiger partial charge in [-0.05, 0) is 19.9 Å². The van der Waals surface area contributed by atoms with Crippen molar-refractivity contribution >= 4 is 21.6 Å². The Labute approximate surface area is 121 Å². The summed E-state index contributed by atoms with van der Waals surface area (Å²) in [6.45, 7) is 3.38. The smallest absolute Gasteiger partial charge is 0.313 e. The van der Waals surface area contributed by atoms with Gasteiger partial charge in [0.05, 0.1) is 12.0 Å². The number of sulfonamides is 1. The maximum absolute atomic E-state index is 11.9. The van der Waals surface area contributed by atoms with Crippen LogP contribution in [0.5, 0.6) is 5.75 Å². The van der Waals surface area contributed by atoms with Gasteiger partial charge in [-0.3, -0.25) is 14.9 Å². The minimum atomic E-state index is -4.30. The number of nitro benzene ring substituents is 1. The van der Waals surface area contributed by atoms with Gasteiger partial charge in [0.1, 0.15) is 4.90 Å². The second-order valence-corrected chi connectivity index (χ2v) is 5.99. The minimum Gasteiger partial charge on any atom is -0.489 e. The molecule has 0 bridgehead atoms. The second kappa shape index (κ2) is 6.06. The van der Waals surface area contributed by atoms with Gasteiger partial charge in [-0.15, -0.1) is 0 Å². The topological polar surface area (TPSA) is 142 Å². The molecule has 1 aromatic carbocycles. The zero-order chi connectivity index (χ0) is 16.4. The van der Waals surface area contributed by atoms with Crippen LogP contribution in [0.4, 0.5) is 5.69 Å². The van der Waals surface area contributed by atoms with Crippen LogP contribution in [0.25, 0.3) is 0 Å². The Morgan fingerprint density at radius 3 is 2.38 bits per heavy atom. The Morgan fingerprint density at radius 2 is 2.00 bits per heavy atom. The van der Waals surface area contributed by atoms with Crippen molar-refractivity contribution in [2.24, 2.45) is 5.14 Å². The van der Waals surface area contributed by atoms with E-state index < -0.39 is 37.2 Å². The molecule has 3 N–H and O–H groups in total. The molecule has 0 aliphatic carbocycles. The largest absolute Gasteiger partial charge is 0.489 e. The SMILES string of the molecule is COc1c([N+](=O)[O-])cc(C(=O)NC(C)C)cc1S(N)(=O)=O. The van der Waals surface area contributed by atoms with Gasteiger partial charge in [0.25, 0.3) is 5.91 Å². The average molecular weight is 317 g/mol. The van der Waals surface area contributed by atoms with Crippen LogP contribution in [-0.2, 0) is 10.0 Å². The predicted molar refractivity (Wildman–Crippen MR) is 73.6 cm³/mol. The Hall–Kier alpha value is -2.20. The summed E-state index contributed by atoms with van der Waals surface area (Å²) in [6.07, 6.45) is 0. The van der Waals surface area contributed by atoms with Crippen molar-refractivity contribution in [1.82, 2.24) is 5.32 Å². The monoisotopic (exact) mass is 317 g/mol. The number of hydrogen-bond donors (Lipinski definition) is 2. The van der Waals surface area contributed by atoms with Gasteiger partial charge in [0.2, 0.25) is 15.8 Å². The zero-order valence-electron chi connectivity index (χ0n) is 11.6. The van der Waals surface area contributed by atoms with Crippen molar-refractivity contribution in [3.8, 4) is 5.75 Å². The van der Waals surface area contributed by atoms with Crippen LogP contribution in [0.15, 0.2) is 17.0 Å². The van der Waals surface area contributed by atoms with Crippen molar-refractivity contribution in [3.05, 3.63) is 27.8 Å². The number of hydrogen-bond acceptors (Lipinski definition) is 6. The highest BCUT2D eigenvalue weighted by molar-refractivity contribution is 7.89. The molecule has 10 heteroatoms. The molecule has 0 aliphatic heterocycles. The fraction of sp³-hybridized carbons (Fsp3) is 0.364. The number of methoxy groups -OCH3 is 1. The number of carbonyl (C=O) groups is 1. The molecule has 0 atom stereocenters. The van der Waals surface area contributed by atoms with E-state index in [4.69, 9.17) is 9.88 Å². The third-order valence-electron chi connectivity index (χ3n) is 2.42. The van der Waals surface area contributed by atoms with Gasteiger partial charge in [-0.1, -0.05) is 0 Å². The van der Waals surface area contributed by atoms with E-state index in [1.807, 2.05) is 0 Å². The molecule has 0 unspecified atom stereocenters. The highest BCUT2D eigenvalue weighted by atomic mass is 32.2. The quantitative estimate of drug-likeness (QED) is 0.594. The van der Waals surface area contributed by atoms with Gasteiger partial charge in [-0.2, -0.15) is 0 Å². The third kappa shape index (κ3) is 3.89. The van der Waals surface area contributed by atoms with E-state index in [1.165, 1.54) is 0 Å². The molecule has 0 aliphatic rings. The molecule has 1 rings (SSSR count). The number of primary sulfonamides is 1. The van der Waals surface area contributed by atoms with Crippen molar-refractivity contribution < 1.29 is 22.9 Å². The normalized spacial score (nSPS) is 11.3. The predicted octanol–water partition coefficient (Wildman–Crippen LogP) is 0.389. The molecule has 116 valence electrons. The fourth-order valence-corrected chi connectivity index (χ4v) is 2.35. The van der Waals surface area contributed by atoms with Crippen LogP contribution in [0.1, 0.15) is 24.2 Å². The summed E-state index contributed by atoms with van der Waals surface area (Å²) in [4.78, 5) is 21.4. The van der Waals surface area contributed by atoms with Crippen LogP contribution >= 0.6 is 0 Å². The third-order valence-corrected chi connectivity index (χ3v) is 3.34. The van der Waals surface area contributed by atoms with Crippen LogP contribution in [0.2, 0.25) is 0 Å². The highest BCUT2D eigenvalue weighted by Gasteiger charge is 2.28. The number of benzene rings is 1. The van der Waals surface area contributed by atoms with E-state index in [9.17, 15) is 23.3 Å². The summed E-state index contributed by atoms with van der Waals surface area (Å²) in [6, 6.07) is 1.65. The number of ether oxygens (including phenoxy) is 1. The van der Waals surface area contributed by atoms with Crippen LogP contribution < -0.4 is 15.2 Å². The molecule has 0 spiro atoms. The first kappa shape index (κ1) is 16.9. The summed E-state index contributed by atoms with van der Waals surface area (Å²) in [5, 5.41) is 18.5. The van der Waals surface area contributed by atoms with E-state index in [0.29, 0.717) is 0 Å². The van der Waals surface area contributed by atoms with Gasteiger partial charge >= 0.3 is 5.69 Å². The van der Waals surface area contributed by atoms with Crippen LogP contribution in [-0.4, -0.2) is 32.4 Å². The molecule has 1 aromatic rings. The molecule has 0 saturated heterocycles. The molecule has 0 aromatic heterocycles.